The highest BCUT2D eigenvalue weighted by Crippen LogP contribution is 2.94. The molecule has 8 bridgehead atoms. The number of hydrogen-bond donors (Lipinski definition) is 5. The van der Waals surface area contributed by atoms with Gasteiger partial charge in [-0.2, -0.15) is 21.9 Å². The standard InChI is InChI=1S/C35H47N7O4SSi.C23H32ClN5O3SSi.C12H16N2O/c1-33(2)21-23-8-7-17-36-27-9-6-10-29(37-27)47(44,45)40-32(43)24-20-25(48(3,4)5)31(38-30(24)41(33)22-23)42-18-11-28(39-42)46-19-12-26-34(13-14-34)35(26)15-16-35;1-23(2)13-15-8-7-11-25-18-9-6-10-19(26-18)33(31,32)28-22(30)16-12-17(34(3,4)5)20(24)27-21(16)29(23)14-15;1-7-13-14-10(1)15-8-2-9-11(3-4-11)12(9)5-6-12/h6,9-11,18,20,23,26H,7-8,12-17,19,21-22H2,1-5H3,(H,36,37)(H,40,43);6,9-10,12,15H,7-8,11,13-14H2,1-5H3,(H,25,26)(H,28,30);1,7,9H,2-6,8H2,(H,13,14)/t23-;15-;/m00./s1. The summed E-state index contributed by atoms with van der Waals surface area (Å²) in [5.41, 5.74) is 2.87. The maximum Gasteiger partial charge on any atom is 0.281 e. The molecule has 6 aliphatic carbocycles. The lowest BCUT2D eigenvalue weighted by atomic mass is 9.93. The van der Waals surface area contributed by atoms with Crippen molar-refractivity contribution >= 4 is 93.3 Å². The van der Waals surface area contributed by atoms with Crippen molar-refractivity contribution < 1.29 is 35.9 Å². The third-order valence-corrected chi connectivity index (χ3v) is 30.2. The smallest absolute Gasteiger partial charge is 0.281 e. The molecule has 10 aliphatic rings. The van der Waals surface area contributed by atoms with Crippen LogP contribution in [0.1, 0.15) is 151 Å². The van der Waals surface area contributed by atoms with Gasteiger partial charge in [0.15, 0.2) is 15.9 Å². The zero-order chi connectivity index (χ0) is 68.5. The van der Waals surface area contributed by atoms with Gasteiger partial charge in [0.25, 0.3) is 31.9 Å². The molecule has 2 amide bonds. The van der Waals surface area contributed by atoms with Crippen molar-refractivity contribution in [3.05, 3.63) is 89.3 Å². The van der Waals surface area contributed by atoms with Crippen LogP contribution < -0.4 is 49.7 Å². The molecule has 97 heavy (non-hydrogen) atoms. The summed E-state index contributed by atoms with van der Waals surface area (Å²) in [6.45, 7) is 25.8. The largest absolute Gasteiger partial charge is 0.478 e. The number of fused-ring (bicyclic) bond motifs is 14. The van der Waals surface area contributed by atoms with Gasteiger partial charge in [0.05, 0.1) is 46.7 Å². The summed E-state index contributed by atoms with van der Waals surface area (Å²) in [7, 11) is -12.6. The van der Waals surface area contributed by atoms with Gasteiger partial charge in [0, 0.05) is 55.6 Å². The average Bonchev–Trinajstić information content (AvgIpc) is 1.45. The monoisotopic (exact) mass is 1410 g/mol. The normalized spacial score (nSPS) is 24.3. The highest BCUT2D eigenvalue weighted by atomic mass is 35.5. The highest BCUT2D eigenvalue weighted by Gasteiger charge is 2.86. The number of amides is 2. The first-order chi connectivity index (χ1) is 45.9. The van der Waals surface area contributed by atoms with E-state index in [9.17, 15) is 26.4 Å². The Hall–Kier alpha value is -6.62. The summed E-state index contributed by atoms with van der Waals surface area (Å²) in [5.74, 6) is 5.04. The average molecular weight is 1420 g/mol. The third-order valence-electron chi connectivity index (χ3n) is 23.3. The Kier molecular flexibility index (Phi) is 17.0. The lowest BCUT2D eigenvalue weighted by Gasteiger charge is -2.35. The third kappa shape index (κ3) is 13.0. The second-order valence-electron chi connectivity index (χ2n) is 32.7. The number of ether oxygens (including phenoxy) is 2. The van der Waals surface area contributed by atoms with E-state index in [0.717, 1.165) is 97.0 Å². The number of aromatic amines is 1. The molecule has 4 aliphatic heterocycles. The van der Waals surface area contributed by atoms with E-state index in [0.29, 0.717) is 89.0 Å². The fourth-order valence-electron chi connectivity index (χ4n) is 18.0. The Morgan fingerprint density at radius 3 is 1.51 bits per heavy atom. The number of carbonyl (C=O) groups is 2. The maximum absolute atomic E-state index is 14.1. The first-order valence-electron chi connectivity index (χ1n) is 35.1. The first-order valence-corrected chi connectivity index (χ1v) is 45.4. The zero-order valence-corrected chi connectivity index (χ0v) is 62.2. The van der Waals surface area contributed by atoms with Crippen molar-refractivity contribution in [1.82, 2.24) is 49.4 Å². The Morgan fingerprint density at radius 1 is 0.588 bits per heavy atom. The van der Waals surface area contributed by atoms with Crippen molar-refractivity contribution in [1.29, 1.82) is 0 Å². The number of rotatable bonds is 11. The van der Waals surface area contributed by atoms with Crippen LogP contribution in [0.4, 0.5) is 23.3 Å². The van der Waals surface area contributed by atoms with Crippen LogP contribution in [0.15, 0.2) is 83.1 Å². The Labute approximate surface area is 577 Å². The van der Waals surface area contributed by atoms with Gasteiger partial charge in [-0.05, 0) is 223 Å². The fourth-order valence-corrected chi connectivity index (χ4v) is 23.5. The number of H-pyrrole nitrogens is 1. The van der Waals surface area contributed by atoms with Crippen LogP contribution in [0.5, 0.6) is 11.8 Å². The number of sulfonamides is 2. The van der Waals surface area contributed by atoms with Crippen molar-refractivity contribution in [2.45, 2.75) is 191 Å². The summed E-state index contributed by atoms with van der Waals surface area (Å²) in [6.07, 6.45) is 23.2. The number of nitrogens with zero attached hydrogens (tertiary/aromatic N) is 9. The Balaban J connectivity index is 0.000000141. The minimum atomic E-state index is -4.26. The van der Waals surface area contributed by atoms with Crippen LogP contribution >= 0.6 is 11.6 Å². The molecule has 5 N–H and O–H groups in total. The minimum absolute atomic E-state index is 0.209. The van der Waals surface area contributed by atoms with Crippen molar-refractivity contribution in [3.8, 4) is 17.6 Å². The van der Waals surface area contributed by atoms with E-state index in [4.69, 9.17) is 36.1 Å². The molecule has 27 heteroatoms. The lowest BCUT2D eigenvalue weighted by molar-refractivity contribution is 0.0972. The van der Waals surface area contributed by atoms with E-state index in [2.05, 4.69) is 117 Å². The van der Waals surface area contributed by atoms with Gasteiger partial charge in [-0.3, -0.25) is 9.59 Å². The van der Waals surface area contributed by atoms with Crippen LogP contribution in [-0.4, -0.2) is 135 Å². The van der Waals surface area contributed by atoms with Crippen molar-refractivity contribution in [3.63, 3.8) is 0 Å². The predicted molar refractivity (Wildman–Crippen MR) is 381 cm³/mol. The molecule has 520 valence electrons. The maximum atomic E-state index is 14.1. The second-order valence-corrected chi connectivity index (χ2v) is 46.4. The number of hydrogen-bond acceptors (Lipinski definition) is 18. The van der Waals surface area contributed by atoms with Crippen LogP contribution in [0, 0.1) is 45.3 Å². The molecular weight excluding hydrogens is 1320 g/mol. The molecule has 8 fully saturated rings. The number of nitrogens with one attached hydrogen (secondary N) is 5. The molecule has 0 aromatic carbocycles. The van der Waals surface area contributed by atoms with Gasteiger partial charge in [-0.1, -0.05) is 63.0 Å². The van der Waals surface area contributed by atoms with Gasteiger partial charge >= 0.3 is 0 Å². The molecule has 22 nitrogen and oxygen atoms in total. The molecule has 2 atom stereocenters. The Morgan fingerprint density at radius 2 is 1.05 bits per heavy atom. The second kappa shape index (κ2) is 24.3. The summed E-state index contributed by atoms with van der Waals surface area (Å²) in [4.78, 5) is 50.4. The van der Waals surface area contributed by atoms with E-state index in [1.54, 1.807) is 41.2 Å². The molecule has 6 saturated carbocycles. The van der Waals surface area contributed by atoms with Crippen LogP contribution in [0.2, 0.25) is 44.4 Å². The number of anilines is 4. The molecule has 10 heterocycles. The molecule has 0 radical (unpaired) electrons. The summed E-state index contributed by atoms with van der Waals surface area (Å²) >= 11 is 6.65. The molecule has 2 saturated heterocycles. The summed E-state index contributed by atoms with van der Waals surface area (Å²) in [6, 6.07) is 16.9. The molecule has 6 aromatic heterocycles. The van der Waals surface area contributed by atoms with Crippen LogP contribution in [0.25, 0.3) is 5.82 Å². The molecule has 6 aromatic rings. The molecule has 16 rings (SSSR count). The SMILES string of the molecule is CC1(C)C[C@@H]2CCCNc3cccc(n3)S(=O)(=O)NC(=O)c3cc([Si](C)(C)C)c(-n4ccc(OCCC5C6(CC6)C56CC6)n4)nc3N1C2.CC1(C)C[C@@H]2CCCNc3cccc(n3)S(=O)(=O)NC(=O)c3cc([Si](C)(C)C)c(Cl)nc3N1C2.c1cc(OCCC2C3(CC3)C23CC3)[nH]n1. The van der Waals surface area contributed by atoms with Gasteiger partial charge in [0.1, 0.15) is 28.4 Å². The van der Waals surface area contributed by atoms with Gasteiger partial charge in [-0.25, -0.2) is 39.2 Å². The Bertz CT molecular complexity index is 4240. The predicted octanol–water partition coefficient (Wildman–Crippen LogP) is 11.1. The first kappa shape index (κ1) is 67.6. The summed E-state index contributed by atoms with van der Waals surface area (Å²) in [5, 5.41) is 19.7. The molecule has 0 unspecified atom stereocenters. The van der Waals surface area contributed by atoms with Gasteiger partial charge in [-0.15, -0.1) is 5.10 Å². The topological polar surface area (TPSA) is 274 Å². The van der Waals surface area contributed by atoms with E-state index in [1.807, 2.05) is 24.4 Å². The highest BCUT2D eigenvalue weighted by molar-refractivity contribution is 7.90. The van der Waals surface area contributed by atoms with Crippen LogP contribution in [-0.2, 0) is 20.0 Å². The van der Waals surface area contributed by atoms with Gasteiger partial charge < -0.3 is 29.9 Å². The molecular formula is C70H95ClN14O8S2Si2. The number of aromatic nitrogens is 8. The zero-order valence-electron chi connectivity index (χ0n) is 57.8. The van der Waals surface area contributed by atoms with Gasteiger partial charge in [0.2, 0.25) is 11.8 Å². The van der Waals surface area contributed by atoms with Crippen LogP contribution in [0.3, 0.4) is 0 Å². The van der Waals surface area contributed by atoms with E-state index in [1.165, 1.54) is 69.9 Å². The summed E-state index contributed by atoms with van der Waals surface area (Å²) < 4.78 is 71.4. The fraction of sp³-hybridized carbons (Fsp3) is 0.600. The quantitative estimate of drug-likeness (QED) is 0.0596. The number of halogens is 1. The van der Waals surface area contributed by atoms with E-state index in [-0.39, 0.29) is 32.3 Å². The lowest BCUT2D eigenvalue weighted by Crippen LogP contribution is -2.45. The van der Waals surface area contributed by atoms with E-state index >= 15 is 0 Å². The minimum Gasteiger partial charge on any atom is -0.478 e. The van der Waals surface area contributed by atoms with E-state index < -0.39 is 48.0 Å². The van der Waals surface area contributed by atoms with Crippen molar-refractivity contribution in [2.75, 3.05) is 59.8 Å². The van der Waals surface area contributed by atoms with Crippen molar-refractivity contribution in [2.24, 2.45) is 45.3 Å². The number of pyridine rings is 4. The molecule has 4 spiro atoms. The number of carbonyl (C=O) groups excluding carboxylic acids is 2.